The number of esters is 1. The molecule has 4 nitrogen and oxygen atoms in total. The zero-order chi connectivity index (χ0) is 28.7. The van der Waals surface area contributed by atoms with Crippen molar-refractivity contribution in [3.63, 3.8) is 0 Å². The van der Waals surface area contributed by atoms with E-state index in [4.69, 9.17) is 14.7 Å². The van der Waals surface area contributed by atoms with Gasteiger partial charge in [-0.05, 0) is 98.9 Å². The molecule has 2 aromatic rings. The summed E-state index contributed by atoms with van der Waals surface area (Å²) >= 11 is 0. The van der Waals surface area contributed by atoms with Gasteiger partial charge in [0.15, 0.2) is 5.82 Å². The largest absolute Gasteiger partial charge is 0.426 e. The van der Waals surface area contributed by atoms with Crippen molar-refractivity contribution < 1.29 is 9.53 Å². The van der Waals surface area contributed by atoms with Crippen LogP contribution in [0.25, 0.3) is 11.4 Å². The molecule has 2 aliphatic carbocycles. The van der Waals surface area contributed by atoms with Gasteiger partial charge in [-0.3, -0.25) is 4.79 Å². The Morgan fingerprint density at radius 1 is 0.683 bits per heavy atom. The summed E-state index contributed by atoms with van der Waals surface area (Å²) in [6.45, 7) is 4.55. The van der Waals surface area contributed by atoms with Gasteiger partial charge < -0.3 is 4.74 Å². The predicted molar refractivity (Wildman–Crippen MR) is 170 cm³/mol. The van der Waals surface area contributed by atoms with Crippen molar-refractivity contribution in [2.45, 2.75) is 148 Å². The van der Waals surface area contributed by atoms with Crippen LogP contribution in [0.4, 0.5) is 0 Å². The van der Waals surface area contributed by atoms with Gasteiger partial charge in [0.05, 0.1) is 5.92 Å². The van der Waals surface area contributed by atoms with Gasteiger partial charge in [-0.1, -0.05) is 90.9 Å². The Bertz CT molecular complexity index is 987. The van der Waals surface area contributed by atoms with Crippen molar-refractivity contribution in [1.29, 1.82) is 0 Å². The SMILES string of the molecule is CCCCCCCC1CCC(C(=O)Oc2ccc(-c3ncc([C@H]4CC[C@H](CCCCCCC)CC4)cn3)cc2)CC1. The molecule has 1 aromatic heterocycles. The number of hydrogen-bond acceptors (Lipinski definition) is 4. The van der Waals surface area contributed by atoms with E-state index in [1.165, 1.54) is 121 Å². The van der Waals surface area contributed by atoms with E-state index >= 15 is 0 Å². The van der Waals surface area contributed by atoms with Crippen LogP contribution in [0.1, 0.15) is 154 Å². The zero-order valence-electron chi connectivity index (χ0n) is 26.1. The van der Waals surface area contributed by atoms with Gasteiger partial charge in [-0.15, -0.1) is 0 Å². The van der Waals surface area contributed by atoms with E-state index in [1.807, 2.05) is 36.7 Å². The van der Waals surface area contributed by atoms with Crippen molar-refractivity contribution >= 4 is 5.97 Å². The monoisotopic (exact) mass is 560 g/mol. The van der Waals surface area contributed by atoms with E-state index in [0.717, 1.165) is 36.1 Å². The number of nitrogens with zero attached hydrogens (tertiary/aromatic N) is 2. The quantitative estimate of drug-likeness (QED) is 0.116. The molecule has 0 bridgehead atoms. The minimum absolute atomic E-state index is 0.0442. The lowest BCUT2D eigenvalue weighted by atomic mass is 9.77. The molecule has 4 heteroatoms. The maximum absolute atomic E-state index is 12.8. The second kappa shape index (κ2) is 17.7. The molecule has 2 fully saturated rings. The lowest BCUT2D eigenvalue weighted by Gasteiger charge is -2.28. The van der Waals surface area contributed by atoms with Gasteiger partial charge in [0, 0.05) is 18.0 Å². The Morgan fingerprint density at radius 2 is 1.20 bits per heavy atom. The van der Waals surface area contributed by atoms with Crippen molar-refractivity contribution in [3.05, 3.63) is 42.2 Å². The lowest BCUT2D eigenvalue weighted by molar-refractivity contribution is -0.140. The molecule has 41 heavy (non-hydrogen) atoms. The lowest BCUT2D eigenvalue weighted by Crippen LogP contribution is -2.25. The number of benzene rings is 1. The second-order valence-corrected chi connectivity index (χ2v) is 13.1. The summed E-state index contributed by atoms with van der Waals surface area (Å²) in [5.74, 6) is 3.65. The predicted octanol–water partition coefficient (Wildman–Crippen LogP) is 10.9. The third-order valence-corrected chi connectivity index (χ3v) is 9.93. The summed E-state index contributed by atoms with van der Waals surface area (Å²) in [7, 11) is 0. The molecule has 0 amide bonds. The Morgan fingerprint density at radius 3 is 1.73 bits per heavy atom. The molecule has 0 atom stereocenters. The normalized spacial score (nSPS) is 22.9. The van der Waals surface area contributed by atoms with Gasteiger partial charge in [0.25, 0.3) is 0 Å². The third-order valence-electron chi connectivity index (χ3n) is 9.93. The highest BCUT2D eigenvalue weighted by molar-refractivity contribution is 5.75. The minimum Gasteiger partial charge on any atom is -0.426 e. The van der Waals surface area contributed by atoms with Gasteiger partial charge in [0.1, 0.15) is 5.75 Å². The van der Waals surface area contributed by atoms with Crippen LogP contribution in [-0.2, 0) is 4.79 Å². The number of ether oxygens (including phenoxy) is 1. The van der Waals surface area contributed by atoms with E-state index in [9.17, 15) is 4.79 Å². The molecule has 0 spiro atoms. The van der Waals surface area contributed by atoms with Gasteiger partial charge in [-0.25, -0.2) is 9.97 Å². The summed E-state index contributed by atoms with van der Waals surface area (Å²) in [6, 6.07) is 7.71. The topological polar surface area (TPSA) is 52.1 Å². The van der Waals surface area contributed by atoms with Crippen molar-refractivity contribution in [1.82, 2.24) is 9.97 Å². The van der Waals surface area contributed by atoms with Crippen LogP contribution in [0.5, 0.6) is 5.75 Å². The van der Waals surface area contributed by atoms with Gasteiger partial charge in [-0.2, -0.15) is 0 Å². The van der Waals surface area contributed by atoms with Gasteiger partial charge in [0.2, 0.25) is 0 Å². The van der Waals surface area contributed by atoms with E-state index in [-0.39, 0.29) is 11.9 Å². The first-order valence-corrected chi connectivity index (χ1v) is 17.3. The first kappa shape index (κ1) is 31.7. The Balaban J connectivity index is 1.16. The Hall–Kier alpha value is -2.23. The molecule has 0 saturated heterocycles. The van der Waals surface area contributed by atoms with Crippen molar-refractivity contribution in [2.24, 2.45) is 17.8 Å². The van der Waals surface area contributed by atoms with Crippen LogP contribution in [-0.4, -0.2) is 15.9 Å². The molecule has 0 aliphatic heterocycles. The van der Waals surface area contributed by atoms with Crippen LogP contribution in [0, 0.1) is 17.8 Å². The summed E-state index contributed by atoms with van der Waals surface area (Å²) in [5, 5.41) is 0. The summed E-state index contributed by atoms with van der Waals surface area (Å²) in [4.78, 5) is 22.2. The number of carbonyl (C=O) groups is 1. The molecule has 0 radical (unpaired) electrons. The highest BCUT2D eigenvalue weighted by Gasteiger charge is 2.27. The van der Waals surface area contributed by atoms with Crippen LogP contribution in [0.2, 0.25) is 0 Å². The van der Waals surface area contributed by atoms with E-state index < -0.39 is 0 Å². The highest BCUT2D eigenvalue weighted by atomic mass is 16.5. The van der Waals surface area contributed by atoms with Gasteiger partial charge >= 0.3 is 5.97 Å². The fourth-order valence-electron chi connectivity index (χ4n) is 7.11. The molecule has 2 aliphatic rings. The second-order valence-electron chi connectivity index (χ2n) is 13.1. The van der Waals surface area contributed by atoms with Crippen molar-refractivity contribution in [2.75, 3.05) is 0 Å². The molecule has 1 aromatic carbocycles. The molecule has 0 N–H and O–H groups in total. The smallest absolute Gasteiger partial charge is 0.314 e. The molecule has 0 unspecified atom stereocenters. The number of rotatable bonds is 16. The van der Waals surface area contributed by atoms with Crippen LogP contribution in [0.15, 0.2) is 36.7 Å². The maximum Gasteiger partial charge on any atom is 0.314 e. The molecule has 4 rings (SSSR count). The fraction of sp³-hybridized carbons (Fsp3) is 0.703. The average molecular weight is 561 g/mol. The van der Waals surface area contributed by atoms with Crippen molar-refractivity contribution in [3.8, 4) is 17.1 Å². The summed E-state index contributed by atoms with van der Waals surface area (Å²) in [5.41, 5.74) is 2.24. The Labute approximate surface area is 250 Å². The van der Waals surface area contributed by atoms with E-state index in [0.29, 0.717) is 11.7 Å². The highest BCUT2D eigenvalue weighted by Crippen LogP contribution is 2.38. The standard InChI is InChI=1S/C37H56N2O2/c1-3-5-7-9-11-13-29-15-19-31(20-16-29)34-27-38-36(39-28-34)32-23-25-35(26-24-32)41-37(40)33-21-17-30(18-22-33)14-12-10-8-6-4-2/h23-31,33H,3-22H2,1-2H3/t29-,30?,31-,33?. The maximum atomic E-state index is 12.8. The van der Waals surface area contributed by atoms with Crippen LogP contribution in [0.3, 0.4) is 0 Å². The molecule has 226 valence electrons. The molecule has 2 saturated carbocycles. The molecular weight excluding hydrogens is 504 g/mol. The number of unbranched alkanes of at least 4 members (excludes halogenated alkanes) is 8. The molecule has 1 heterocycles. The molecular formula is C37H56N2O2. The summed E-state index contributed by atoms with van der Waals surface area (Å²) in [6.07, 6.45) is 30.0. The number of hydrogen-bond donors (Lipinski definition) is 0. The number of aromatic nitrogens is 2. The third kappa shape index (κ3) is 10.5. The minimum atomic E-state index is -0.0639. The van der Waals surface area contributed by atoms with E-state index in [1.54, 1.807) is 0 Å². The Kier molecular flexibility index (Phi) is 13.7. The van der Waals surface area contributed by atoms with E-state index in [2.05, 4.69) is 13.8 Å². The van der Waals surface area contributed by atoms with Crippen LogP contribution >= 0.6 is 0 Å². The number of carbonyl (C=O) groups excluding carboxylic acids is 1. The zero-order valence-corrected chi connectivity index (χ0v) is 26.1. The average Bonchev–Trinajstić information content (AvgIpc) is 3.02. The fourth-order valence-corrected chi connectivity index (χ4v) is 7.11. The first-order valence-electron chi connectivity index (χ1n) is 17.3. The van der Waals surface area contributed by atoms with Crippen LogP contribution < -0.4 is 4.74 Å². The summed E-state index contributed by atoms with van der Waals surface area (Å²) < 4.78 is 5.77. The first-order chi connectivity index (χ1) is 20.2.